The summed E-state index contributed by atoms with van der Waals surface area (Å²) in [5.41, 5.74) is 4.67. The zero-order valence-electron chi connectivity index (χ0n) is 12.9. The van der Waals surface area contributed by atoms with Gasteiger partial charge in [0.2, 0.25) is 0 Å². The molecule has 1 aliphatic rings. The van der Waals surface area contributed by atoms with Crippen molar-refractivity contribution in [1.29, 1.82) is 0 Å². The lowest BCUT2D eigenvalue weighted by atomic mass is 9.71. The number of hydrazone groups is 1. The first kappa shape index (κ1) is 16.2. The minimum Gasteiger partial charge on any atom is -0.267 e. The highest BCUT2D eigenvalue weighted by molar-refractivity contribution is 9.10. The summed E-state index contributed by atoms with van der Waals surface area (Å²) in [6.07, 6.45) is 4.56. The van der Waals surface area contributed by atoms with Crippen molar-refractivity contribution in [2.24, 2.45) is 16.4 Å². The molecule has 0 radical (unpaired) electrons. The van der Waals surface area contributed by atoms with Crippen LogP contribution in [0.1, 0.15) is 56.8 Å². The van der Waals surface area contributed by atoms with Crippen molar-refractivity contribution >= 4 is 27.5 Å². The van der Waals surface area contributed by atoms with Crippen LogP contribution in [-0.4, -0.2) is 11.6 Å². The number of carbonyl (C=O) groups is 1. The minimum absolute atomic E-state index is 0.159. The first-order valence-electron chi connectivity index (χ1n) is 7.51. The molecule has 1 aliphatic carbocycles. The number of hydrogen-bond donors (Lipinski definition) is 1. The van der Waals surface area contributed by atoms with Crippen LogP contribution in [0.3, 0.4) is 0 Å². The van der Waals surface area contributed by atoms with Crippen LogP contribution in [0.25, 0.3) is 0 Å². The summed E-state index contributed by atoms with van der Waals surface area (Å²) >= 11 is 3.40. The summed E-state index contributed by atoms with van der Waals surface area (Å²) in [5.74, 6) is 0.291. The summed E-state index contributed by atoms with van der Waals surface area (Å²) in [7, 11) is 0. The van der Waals surface area contributed by atoms with Crippen LogP contribution in [0.5, 0.6) is 0 Å². The maximum absolute atomic E-state index is 12.2. The Morgan fingerprint density at radius 3 is 2.67 bits per heavy atom. The average Bonchev–Trinajstić information content (AvgIpc) is 2.44. The second kappa shape index (κ2) is 6.73. The topological polar surface area (TPSA) is 41.5 Å². The highest BCUT2D eigenvalue weighted by atomic mass is 79.9. The standard InChI is InChI=1S/C17H23BrN2O/c1-17(2,3)13-9-5-7-11-15(13)19-20-16(21)12-8-4-6-10-14(12)18/h4,6,8,10,13H,5,7,9,11H2,1-3H3,(H,20,21). The van der Waals surface area contributed by atoms with E-state index < -0.39 is 0 Å². The molecule has 0 saturated heterocycles. The second-order valence-corrected chi connectivity index (χ2v) is 7.54. The molecule has 1 aromatic rings. The SMILES string of the molecule is CC(C)(C)C1CCCCC1=NNC(=O)c1ccccc1Br. The number of nitrogens with zero attached hydrogens (tertiary/aromatic N) is 1. The molecular weight excluding hydrogens is 328 g/mol. The second-order valence-electron chi connectivity index (χ2n) is 6.69. The average molecular weight is 351 g/mol. The maximum Gasteiger partial charge on any atom is 0.272 e. The lowest BCUT2D eigenvalue weighted by molar-refractivity contribution is 0.0953. The first-order chi connectivity index (χ1) is 9.89. The van der Waals surface area contributed by atoms with Gasteiger partial charge in [0.15, 0.2) is 0 Å². The summed E-state index contributed by atoms with van der Waals surface area (Å²) in [6, 6.07) is 7.40. The predicted molar refractivity (Wildman–Crippen MR) is 90.5 cm³/mol. The van der Waals surface area contributed by atoms with Gasteiger partial charge < -0.3 is 0 Å². The molecule has 21 heavy (non-hydrogen) atoms. The van der Waals surface area contributed by atoms with Gasteiger partial charge in [0.05, 0.1) is 5.56 Å². The van der Waals surface area contributed by atoms with Crippen molar-refractivity contribution < 1.29 is 4.79 Å². The highest BCUT2D eigenvalue weighted by Gasteiger charge is 2.31. The van der Waals surface area contributed by atoms with Crippen LogP contribution in [0.2, 0.25) is 0 Å². The monoisotopic (exact) mass is 350 g/mol. The number of hydrogen-bond acceptors (Lipinski definition) is 2. The van der Waals surface area contributed by atoms with Crippen molar-refractivity contribution in [3.63, 3.8) is 0 Å². The van der Waals surface area contributed by atoms with Crippen molar-refractivity contribution in [2.75, 3.05) is 0 Å². The molecule has 0 spiro atoms. The number of amides is 1. The molecule has 0 aliphatic heterocycles. The normalized spacial score (nSPS) is 21.3. The van der Waals surface area contributed by atoms with Crippen molar-refractivity contribution in [1.82, 2.24) is 5.43 Å². The van der Waals surface area contributed by atoms with E-state index in [-0.39, 0.29) is 11.3 Å². The van der Waals surface area contributed by atoms with Crippen LogP contribution in [0, 0.1) is 11.3 Å². The molecule has 1 atom stereocenters. The molecule has 1 amide bonds. The van der Waals surface area contributed by atoms with E-state index in [4.69, 9.17) is 0 Å². The molecule has 0 heterocycles. The van der Waals surface area contributed by atoms with Crippen LogP contribution < -0.4 is 5.43 Å². The summed E-state index contributed by atoms with van der Waals surface area (Å²) in [4.78, 5) is 12.2. The van der Waals surface area contributed by atoms with E-state index in [1.54, 1.807) is 6.07 Å². The Bertz CT molecular complexity index is 546. The lowest BCUT2D eigenvalue weighted by Gasteiger charge is -2.34. The van der Waals surface area contributed by atoms with E-state index in [0.29, 0.717) is 11.5 Å². The summed E-state index contributed by atoms with van der Waals surface area (Å²) in [5, 5.41) is 4.44. The molecule has 114 valence electrons. The number of halogens is 1. The Balaban J connectivity index is 2.12. The van der Waals surface area contributed by atoms with E-state index >= 15 is 0 Å². The molecule has 1 fully saturated rings. The quantitative estimate of drug-likeness (QED) is 0.766. The Kier molecular flexibility index (Phi) is 5.20. The zero-order valence-corrected chi connectivity index (χ0v) is 14.5. The van der Waals surface area contributed by atoms with Gasteiger partial charge in [0.1, 0.15) is 0 Å². The van der Waals surface area contributed by atoms with E-state index in [0.717, 1.165) is 29.4 Å². The molecule has 1 N–H and O–H groups in total. The Morgan fingerprint density at radius 1 is 1.29 bits per heavy atom. The molecule has 0 bridgehead atoms. The first-order valence-corrected chi connectivity index (χ1v) is 8.30. The molecule has 4 heteroatoms. The van der Waals surface area contributed by atoms with Gasteiger partial charge in [-0.05, 0) is 52.7 Å². The smallest absolute Gasteiger partial charge is 0.267 e. The molecule has 0 aromatic heterocycles. The third-order valence-corrected chi connectivity index (χ3v) is 4.73. The number of benzene rings is 1. The Labute approximate surface area is 135 Å². The van der Waals surface area contributed by atoms with Gasteiger partial charge in [-0.1, -0.05) is 39.3 Å². The van der Waals surface area contributed by atoms with Gasteiger partial charge in [0, 0.05) is 16.1 Å². The van der Waals surface area contributed by atoms with E-state index in [9.17, 15) is 4.79 Å². The maximum atomic E-state index is 12.2. The largest absolute Gasteiger partial charge is 0.272 e. The third-order valence-electron chi connectivity index (χ3n) is 4.04. The Morgan fingerprint density at radius 2 is 2.00 bits per heavy atom. The molecule has 1 aromatic carbocycles. The molecule has 1 saturated carbocycles. The lowest BCUT2D eigenvalue weighted by Crippen LogP contribution is -2.33. The highest BCUT2D eigenvalue weighted by Crippen LogP contribution is 2.36. The third kappa shape index (κ3) is 4.16. The van der Waals surface area contributed by atoms with Crippen LogP contribution in [0.4, 0.5) is 0 Å². The molecule has 1 unspecified atom stereocenters. The van der Waals surface area contributed by atoms with Crippen molar-refractivity contribution in [3.05, 3.63) is 34.3 Å². The molecule has 3 nitrogen and oxygen atoms in total. The molecule has 2 rings (SSSR count). The van der Waals surface area contributed by atoms with Crippen LogP contribution in [-0.2, 0) is 0 Å². The van der Waals surface area contributed by atoms with Gasteiger partial charge in [0.25, 0.3) is 5.91 Å². The summed E-state index contributed by atoms with van der Waals surface area (Å²) in [6.45, 7) is 6.73. The minimum atomic E-state index is -0.159. The fourth-order valence-corrected chi connectivity index (χ4v) is 3.36. The fourth-order valence-electron chi connectivity index (χ4n) is 2.89. The fraction of sp³-hybridized carbons (Fsp3) is 0.529. The predicted octanol–water partition coefficient (Wildman–Crippen LogP) is 4.77. The van der Waals surface area contributed by atoms with Gasteiger partial charge in [-0.25, -0.2) is 5.43 Å². The van der Waals surface area contributed by atoms with Gasteiger partial charge in [-0.3, -0.25) is 4.79 Å². The van der Waals surface area contributed by atoms with E-state index in [1.165, 1.54) is 6.42 Å². The number of rotatable bonds is 2. The number of nitrogens with one attached hydrogen (secondary N) is 1. The van der Waals surface area contributed by atoms with Crippen LogP contribution >= 0.6 is 15.9 Å². The number of carbonyl (C=O) groups excluding carboxylic acids is 1. The zero-order chi connectivity index (χ0) is 15.5. The van der Waals surface area contributed by atoms with Gasteiger partial charge in [-0.15, -0.1) is 0 Å². The van der Waals surface area contributed by atoms with Gasteiger partial charge >= 0.3 is 0 Å². The van der Waals surface area contributed by atoms with Crippen molar-refractivity contribution in [2.45, 2.75) is 46.5 Å². The Hall–Kier alpha value is -1.16. The van der Waals surface area contributed by atoms with E-state index in [2.05, 4.69) is 47.2 Å². The van der Waals surface area contributed by atoms with Gasteiger partial charge in [-0.2, -0.15) is 5.10 Å². The summed E-state index contributed by atoms with van der Waals surface area (Å²) < 4.78 is 0.790. The van der Waals surface area contributed by atoms with Crippen LogP contribution in [0.15, 0.2) is 33.8 Å². The van der Waals surface area contributed by atoms with E-state index in [1.807, 2.05) is 18.2 Å². The molecular formula is C17H23BrN2O. The van der Waals surface area contributed by atoms with Crippen molar-refractivity contribution in [3.8, 4) is 0 Å².